The van der Waals surface area contributed by atoms with E-state index in [9.17, 15) is 5.11 Å². The monoisotopic (exact) mass is 229 g/mol. The van der Waals surface area contributed by atoms with Gasteiger partial charge in [0.25, 0.3) is 0 Å². The zero-order chi connectivity index (χ0) is 10.8. The maximum atomic E-state index is 9.74. The Hall–Kier alpha value is -0.970. The molecule has 0 unspecified atom stereocenters. The fourth-order valence-corrected chi connectivity index (χ4v) is 1.78. The molecule has 5 heteroatoms. The van der Waals surface area contributed by atoms with Gasteiger partial charge >= 0.3 is 0 Å². The van der Waals surface area contributed by atoms with Gasteiger partial charge in [-0.2, -0.15) is 0 Å². The van der Waals surface area contributed by atoms with Gasteiger partial charge in [-0.3, -0.25) is 0 Å². The number of halogens is 1. The normalized spacial score (nSPS) is 15.4. The van der Waals surface area contributed by atoms with Crippen molar-refractivity contribution in [3.63, 3.8) is 0 Å². The molecule has 82 valence electrons. The van der Waals surface area contributed by atoms with E-state index in [0.717, 1.165) is 0 Å². The van der Waals surface area contributed by atoms with E-state index in [2.05, 4.69) is 0 Å². The molecule has 0 aromatic heterocycles. The molecule has 0 aliphatic carbocycles. The molecule has 1 aliphatic rings. The fourth-order valence-electron chi connectivity index (χ4n) is 1.50. The van der Waals surface area contributed by atoms with Gasteiger partial charge in [0.1, 0.15) is 0 Å². The molecule has 0 bridgehead atoms. The number of nitrogens with two attached hydrogens (primary N) is 1. The lowest BCUT2D eigenvalue weighted by molar-refractivity contribution is 0.167. The molecule has 0 radical (unpaired) electrons. The third-order valence-corrected chi connectivity index (χ3v) is 2.56. The van der Waals surface area contributed by atoms with E-state index in [1.807, 2.05) is 0 Å². The molecule has 0 saturated carbocycles. The summed E-state index contributed by atoms with van der Waals surface area (Å²) in [5.41, 5.74) is 6.07. The molecule has 1 aliphatic heterocycles. The first kappa shape index (κ1) is 10.5. The van der Waals surface area contributed by atoms with Crippen LogP contribution in [0.2, 0.25) is 5.02 Å². The summed E-state index contributed by atoms with van der Waals surface area (Å²) in [6, 6.07) is 3.41. The summed E-state index contributed by atoms with van der Waals surface area (Å²) in [6.07, 6.45) is -0.113. The van der Waals surface area contributed by atoms with Crippen LogP contribution in [0.3, 0.4) is 0 Å². The fraction of sp³-hybridized carbons (Fsp3) is 0.400. The van der Waals surface area contributed by atoms with Crippen LogP contribution in [-0.4, -0.2) is 18.4 Å². The van der Waals surface area contributed by atoms with Gasteiger partial charge in [0.05, 0.1) is 11.1 Å². The van der Waals surface area contributed by atoms with Crippen molar-refractivity contribution in [3.8, 4) is 11.5 Å². The first-order valence-electron chi connectivity index (χ1n) is 4.69. The Morgan fingerprint density at radius 3 is 3.00 bits per heavy atom. The Morgan fingerprint density at radius 1 is 1.47 bits per heavy atom. The van der Waals surface area contributed by atoms with Crippen molar-refractivity contribution in [3.05, 3.63) is 22.7 Å². The second kappa shape index (κ2) is 4.26. The number of ether oxygens (including phenoxy) is 2. The molecule has 2 rings (SSSR count). The molecule has 15 heavy (non-hydrogen) atoms. The highest BCUT2D eigenvalue weighted by Crippen LogP contribution is 2.41. The van der Waals surface area contributed by atoms with E-state index in [-0.39, 0.29) is 6.79 Å². The van der Waals surface area contributed by atoms with Gasteiger partial charge in [-0.05, 0) is 30.7 Å². The van der Waals surface area contributed by atoms with Crippen molar-refractivity contribution in [1.29, 1.82) is 0 Å². The number of fused-ring (bicyclic) bond motifs is 1. The summed E-state index contributed by atoms with van der Waals surface area (Å²) < 4.78 is 10.4. The van der Waals surface area contributed by atoms with Gasteiger partial charge in [-0.15, -0.1) is 0 Å². The molecule has 0 spiro atoms. The summed E-state index contributed by atoms with van der Waals surface area (Å²) in [5.74, 6) is 1.12. The molecule has 1 aromatic rings. The molecular weight excluding hydrogens is 218 g/mol. The summed E-state index contributed by atoms with van der Waals surface area (Å²) in [6.45, 7) is 0.596. The summed E-state index contributed by atoms with van der Waals surface area (Å²) in [7, 11) is 0. The highest BCUT2D eigenvalue weighted by Gasteiger charge is 2.20. The van der Waals surface area contributed by atoms with E-state index in [0.29, 0.717) is 35.1 Å². The Labute approximate surface area is 92.5 Å². The average molecular weight is 230 g/mol. The molecule has 3 N–H and O–H groups in total. The summed E-state index contributed by atoms with van der Waals surface area (Å²) >= 11 is 5.97. The number of hydrogen-bond donors (Lipinski definition) is 2. The number of aliphatic hydroxyl groups excluding tert-OH is 1. The highest BCUT2D eigenvalue weighted by atomic mass is 35.5. The smallest absolute Gasteiger partial charge is 0.231 e. The van der Waals surface area contributed by atoms with E-state index in [1.165, 1.54) is 0 Å². The van der Waals surface area contributed by atoms with Crippen LogP contribution in [0.1, 0.15) is 18.1 Å². The Balaban J connectivity index is 2.30. The van der Waals surface area contributed by atoms with Gasteiger partial charge in [0.2, 0.25) is 6.79 Å². The van der Waals surface area contributed by atoms with Crippen LogP contribution in [-0.2, 0) is 0 Å². The lowest BCUT2D eigenvalue weighted by atomic mass is 10.1. The predicted molar refractivity (Wildman–Crippen MR) is 56.2 cm³/mol. The molecular formula is C10H12ClNO3. The number of aliphatic hydroxyl groups is 1. The zero-order valence-corrected chi connectivity index (χ0v) is 8.83. The standard InChI is InChI=1S/C10H12ClNO3/c11-7-3-6(8(13)1-2-12)4-9-10(7)15-5-14-9/h3-4,8,13H,1-2,5,12H2/t8-/m1/s1. The highest BCUT2D eigenvalue weighted by molar-refractivity contribution is 6.32. The van der Waals surface area contributed by atoms with Crippen molar-refractivity contribution in [2.24, 2.45) is 5.73 Å². The molecule has 0 saturated heterocycles. The third kappa shape index (κ3) is 2.02. The first-order valence-corrected chi connectivity index (χ1v) is 5.07. The Bertz CT molecular complexity index is 370. The number of hydrogen-bond acceptors (Lipinski definition) is 4. The number of rotatable bonds is 3. The molecule has 0 fully saturated rings. The minimum absolute atomic E-state index is 0.172. The van der Waals surface area contributed by atoms with Gasteiger partial charge in [0.15, 0.2) is 11.5 Å². The second-order valence-electron chi connectivity index (χ2n) is 3.33. The Morgan fingerprint density at radius 2 is 2.27 bits per heavy atom. The van der Waals surface area contributed by atoms with Crippen LogP contribution in [0.15, 0.2) is 12.1 Å². The van der Waals surface area contributed by atoms with E-state index in [4.69, 9.17) is 26.8 Å². The van der Waals surface area contributed by atoms with Crippen LogP contribution >= 0.6 is 11.6 Å². The maximum Gasteiger partial charge on any atom is 0.231 e. The van der Waals surface area contributed by atoms with Crippen molar-refractivity contribution < 1.29 is 14.6 Å². The largest absolute Gasteiger partial charge is 0.454 e. The van der Waals surface area contributed by atoms with Gasteiger partial charge in [-0.1, -0.05) is 11.6 Å². The predicted octanol–water partition coefficient (Wildman–Crippen LogP) is 1.45. The molecule has 4 nitrogen and oxygen atoms in total. The molecule has 1 aromatic carbocycles. The molecule has 1 atom stereocenters. The summed E-state index contributed by atoms with van der Waals surface area (Å²) in [5, 5.41) is 10.2. The maximum absolute atomic E-state index is 9.74. The minimum atomic E-state index is -0.609. The topological polar surface area (TPSA) is 64.7 Å². The molecule has 1 heterocycles. The quantitative estimate of drug-likeness (QED) is 0.824. The van der Waals surface area contributed by atoms with Crippen molar-refractivity contribution in [2.45, 2.75) is 12.5 Å². The van der Waals surface area contributed by atoms with E-state index >= 15 is 0 Å². The molecule has 0 amide bonds. The lowest BCUT2D eigenvalue weighted by Crippen LogP contribution is -2.06. The number of benzene rings is 1. The van der Waals surface area contributed by atoms with Gasteiger partial charge in [0, 0.05) is 0 Å². The van der Waals surface area contributed by atoms with Crippen LogP contribution in [0.5, 0.6) is 11.5 Å². The van der Waals surface area contributed by atoms with Crippen LogP contribution in [0.25, 0.3) is 0 Å². The van der Waals surface area contributed by atoms with Crippen molar-refractivity contribution in [2.75, 3.05) is 13.3 Å². The third-order valence-electron chi connectivity index (χ3n) is 2.27. The van der Waals surface area contributed by atoms with Crippen LogP contribution < -0.4 is 15.2 Å². The SMILES string of the molecule is NCC[C@@H](O)c1cc(Cl)c2c(c1)OCO2. The second-order valence-corrected chi connectivity index (χ2v) is 3.74. The van der Waals surface area contributed by atoms with Gasteiger partial charge < -0.3 is 20.3 Å². The van der Waals surface area contributed by atoms with Crippen LogP contribution in [0, 0.1) is 0 Å². The van der Waals surface area contributed by atoms with E-state index in [1.54, 1.807) is 12.1 Å². The Kier molecular flexibility index (Phi) is 3.00. The van der Waals surface area contributed by atoms with E-state index < -0.39 is 6.10 Å². The van der Waals surface area contributed by atoms with Crippen molar-refractivity contribution in [1.82, 2.24) is 0 Å². The van der Waals surface area contributed by atoms with Crippen LogP contribution in [0.4, 0.5) is 0 Å². The zero-order valence-electron chi connectivity index (χ0n) is 8.07. The van der Waals surface area contributed by atoms with Crippen molar-refractivity contribution >= 4 is 11.6 Å². The van der Waals surface area contributed by atoms with Gasteiger partial charge in [-0.25, -0.2) is 0 Å². The first-order chi connectivity index (χ1) is 7.22. The minimum Gasteiger partial charge on any atom is -0.454 e. The lowest BCUT2D eigenvalue weighted by Gasteiger charge is -2.11. The summed E-state index contributed by atoms with van der Waals surface area (Å²) in [4.78, 5) is 0. The average Bonchev–Trinajstić information content (AvgIpc) is 2.66.